The molecule has 0 saturated carbocycles. The first kappa shape index (κ1) is 13.9. The van der Waals surface area contributed by atoms with E-state index >= 15 is 0 Å². The summed E-state index contributed by atoms with van der Waals surface area (Å²) in [5.41, 5.74) is 1.68. The zero-order chi connectivity index (χ0) is 14.0. The minimum absolute atomic E-state index is 0.0440. The van der Waals surface area contributed by atoms with Crippen molar-refractivity contribution in [2.45, 2.75) is 25.4 Å². The molecule has 1 heterocycles. The molecular weight excluding hydrogens is 238 g/mol. The molecule has 1 aromatic carbocycles. The zero-order valence-corrected chi connectivity index (χ0v) is 12.2. The van der Waals surface area contributed by atoms with Crippen molar-refractivity contribution in [2.75, 3.05) is 33.0 Å². The number of rotatable bonds is 3. The van der Waals surface area contributed by atoms with E-state index in [4.69, 9.17) is 0 Å². The number of carbonyl (C=O) groups excluding carboxylic acids is 1. The molecule has 1 aliphatic rings. The summed E-state index contributed by atoms with van der Waals surface area (Å²) in [5, 5.41) is 3.52. The summed E-state index contributed by atoms with van der Waals surface area (Å²) < 4.78 is 0. The van der Waals surface area contributed by atoms with Crippen LogP contribution >= 0.6 is 0 Å². The largest absolute Gasteiger partial charge is 0.380 e. The lowest BCUT2D eigenvalue weighted by Crippen LogP contribution is -2.27. The first-order chi connectivity index (χ1) is 8.99. The fourth-order valence-electron chi connectivity index (χ4n) is 2.55. The molecule has 104 valence electrons. The van der Waals surface area contributed by atoms with Crippen LogP contribution in [0.1, 0.15) is 23.7 Å². The van der Waals surface area contributed by atoms with E-state index in [1.165, 1.54) is 0 Å². The van der Waals surface area contributed by atoms with Gasteiger partial charge in [-0.05, 0) is 32.5 Å². The van der Waals surface area contributed by atoms with E-state index in [1.54, 1.807) is 19.0 Å². The van der Waals surface area contributed by atoms with Crippen LogP contribution in [-0.4, -0.2) is 55.5 Å². The molecule has 2 atom stereocenters. The third-order valence-electron chi connectivity index (χ3n) is 3.81. The Bertz CT molecular complexity index is 448. The highest BCUT2D eigenvalue weighted by atomic mass is 16.2. The van der Waals surface area contributed by atoms with E-state index in [0.717, 1.165) is 24.2 Å². The number of para-hydroxylation sites is 1. The Labute approximate surface area is 115 Å². The smallest absolute Gasteiger partial charge is 0.255 e. The van der Waals surface area contributed by atoms with Gasteiger partial charge in [-0.25, -0.2) is 0 Å². The Kier molecular flexibility index (Phi) is 4.10. The maximum atomic E-state index is 12.1. The molecule has 0 aromatic heterocycles. The van der Waals surface area contributed by atoms with E-state index in [1.807, 2.05) is 24.3 Å². The minimum atomic E-state index is 0.0440. The van der Waals surface area contributed by atoms with E-state index < -0.39 is 0 Å². The molecule has 0 spiro atoms. The number of hydrogen-bond donors (Lipinski definition) is 1. The first-order valence-electron chi connectivity index (χ1n) is 6.76. The molecule has 0 bridgehead atoms. The van der Waals surface area contributed by atoms with E-state index in [2.05, 4.69) is 24.2 Å². The Balaban J connectivity index is 2.15. The number of benzene rings is 1. The second-order valence-electron chi connectivity index (χ2n) is 5.61. The third kappa shape index (κ3) is 3.07. The lowest BCUT2D eigenvalue weighted by Gasteiger charge is -2.19. The van der Waals surface area contributed by atoms with Gasteiger partial charge < -0.3 is 15.1 Å². The van der Waals surface area contributed by atoms with Crippen LogP contribution in [0.3, 0.4) is 0 Å². The summed E-state index contributed by atoms with van der Waals surface area (Å²) in [7, 11) is 5.71. The lowest BCUT2D eigenvalue weighted by molar-refractivity contribution is 0.0828. The summed E-state index contributed by atoms with van der Waals surface area (Å²) in [6.07, 6.45) is 1.11. The van der Waals surface area contributed by atoms with Crippen molar-refractivity contribution in [3.8, 4) is 0 Å². The molecule has 2 unspecified atom stereocenters. The average Bonchev–Trinajstić information content (AvgIpc) is 2.68. The summed E-state index contributed by atoms with van der Waals surface area (Å²) in [6, 6.07) is 8.75. The van der Waals surface area contributed by atoms with Crippen molar-refractivity contribution >= 4 is 11.6 Å². The molecule has 4 heteroatoms. The van der Waals surface area contributed by atoms with Gasteiger partial charge >= 0.3 is 0 Å². The SMILES string of the molecule is CC1CC(Nc2ccccc2C(=O)N(C)C)CN1C. The second-order valence-corrected chi connectivity index (χ2v) is 5.61. The highest BCUT2D eigenvalue weighted by Crippen LogP contribution is 2.22. The van der Waals surface area contributed by atoms with Gasteiger partial charge in [0, 0.05) is 38.4 Å². The molecule has 1 aromatic rings. The molecule has 4 nitrogen and oxygen atoms in total. The van der Waals surface area contributed by atoms with Crippen LogP contribution < -0.4 is 5.32 Å². The van der Waals surface area contributed by atoms with E-state index in [-0.39, 0.29) is 5.91 Å². The van der Waals surface area contributed by atoms with Gasteiger partial charge in [0.15, 0.2) is 0 Å². The van der Waals surface area contributed by atoms with Crippen LogP contribution in [0.25, 0.3) is 0 Å². The molecule has 1 saturated heterocycles. The standard InChI is InChI=1S/C15H23N3O/c1-11-9-12(10-18(11)4)16-14-8-6-5-7-13(14)15(19)17(2)3/h5-8,11-12,16H,9-10H2,1-4H3. The molecule has 1 N–H and O–H groups in total. The summed E-state index contributed by atoms with van der Waals surface area (Å²) in [6.45, 7) is 3.25. The number of amides is 1. The number of nitrogens with one attached hydrogen (secondary N) is 1. The van der Waals surface area contributed by atoms with Crippen LogP contribution in [0, 0.1) is 0 Å². The third-order valence-corrected chi connectivity index (χ3v) is 3.81. The van der Waals surface area contributed by atoms with Crippen molar-refractivity contribution in [3.63, 3.8) is 0 Å². The van der Waals surface area contributed by atoms with Gasteiger partial charge in [-0.15, -0.1) is 0 Å². The minimum Gasteiger partial charge on any atom is -0.380 e. The van der Waals surface area contributed by atoms with Crippen molar-refractivity contribution in [2.24, 2.45) is 0 Å². The monoisotopic (exact) mass is 261 g/mol. The molecule has 19 heavy (non-hydrogen) atoms. The van der Waals surface area contributed by atoms with Gasteiger partial charge in [-0.3, -0.25) is 4.79 Å². The summed E-state index contributed by atoms with van der Waals surface area (Å²) in [5.74, 6) is 0.0440. The van der Waals surface area contributed by atoms with Crippen LogP contribution in [0.15, 0.2) is 24.3 Å². The predicted molar refractivity (Wildman–Crippen MR) is 78.6 cm³/mol. The molecule has 0 aliphatic carbocycles. The second kappa shape index (κ2) is 5.61. The van der Waals surface area contributed by atoms with Gasteiger partial charge in [0.2, 0.25) is 0 Å². The highest BCUT2D eigenvalue weighted by molar-refractivity contribution is 5.99. The molecular formula is C15H23N3O. The number of nitrogens with zero attached hydrogens (tertiary/aromatic N) is 2. The number of hydrogen-bond acceptors (Lipinski definition) is 3. The maximum absolute atomic E-state index is 12.1. The van der Waals surface area contributed by atoms with Crippen LogP contribution in [-0.2, 0) is 0 Å². The Hall–Kier alpha value is -1.55. The first-order valence-corrected chi connectivity index (χ1v) is 6.76. The van der Waals surface area contributed by atoms with Gasteiger partial charge in [0.05, 0.1) is 5.56 Å². The molecule has 1 amide bonds. The highest BCUT2D eigenvalue weighted by Gasteiger charge is 2.26. The number of likely N-dealkylation sites (N-methyl/N-ethyl adjacent to an activating group) is 1. The Morgan fingerprint density at radius 1 is 1.37 bits per heavy atom. The number of likely N-dealkylation sites (tertiary alicyclic amines) is 1. The molecule has 1 aliphatic heterocycles. The van der Waals surface area contributed by atoms with Gasteiger partial charge in [-0.1, -0.05) is 12.1 Å². The summed E-state index contributed by atoms with van der Waals surface area (Å²) in [4.78, 5) is 16.1. The lowest BCUT2D eigenvalue weighted by atomic mass is 10.1. The summed E-state index contributed by atoms with van der Waals surface area (Å²) >= 11 is 0. The number of anilines is 1. The fourth-order valence-corrected chi connectivity index (χ4v) is 2.55. The Morgan fingerprint density at radius 2 is 2.05 bits per heavy atom. The van der Waals surface area contributed by atoms with E-state index in [9.17, 15) is 4.79 Å². The average molecular weight is 261 g/mol. The van der Waals surface area contributed by atoms with Crippen molar-refractivity contribution in [1.29, 1.82) is 0 Å². The predicted octanol–water partition coefficient (Wildman–Crippen LogP) is 1.89. The normalized spacial score (nSPS) is 23.4. The van der Waals surface area contributed by atoms with Crippen molar-refractivity contribution < 1.29 is 4.79 Å². The van der Waals surface area contributed by atoms with Gasteiger partial charge in [-0.2, -0.15) is 0 Å². The van der Waals surface area contributed by atoms with E-state index in [0.29, 0.717) is 12.1 Å². The van der Waals surface area contributed by atoms with Crippen LogP contribution in [0.4, 0.5) is 5.69 Å². The maximum Gasteiger partial charge on any atom is 0.255 e. The van der Waals surface area contributed by atoms with Crippen molar-refractivity contribution in [3.05, 3.63) is 29.8 Å². The van der Waals surface area contributed by atoms with Crippen LogP contribution in [0.2, 0.25) is 0 Å². The quantitative estimate of drug-likeness (QED) is 0.902. The molecule has 0 radical (unpaired) electrons. The number of carbonyl (C=O) groups is 1. The van der Waals surface area contributed by atoms with Gasteiger partial charge in [0.25, 0.3) is 5.91 Å². The Morgan fingerprint density at radius 3 is 2.63 bits per heavy atom. The zero-order valence-electron chi connectivity index (χ0n) is 12.2. The van der Waals surface area contributed by atoms with Crippen LogP contribution in [0.5, 0.6) is 0 Å². The topological polar surface area (TPSA) is 35.6 Å². The fraction of sp³-hybridized carbons (Fsp3) is 0.533. The van der Waals surface area contributed by atoms with Crippen molar-refractivity contribution in [1.82, 2.24) is 9.80 Å². The van der Waals surface area contributed by atoms with Gasteiger partial charge in [0.1, 0.15) is 0 Å². The molecule has 2 rings (SSSR count). The molecule has 1 fully saturated rings.